The molecule has 0 bridgehead atoms. The van der Waals surface area contributed by atoms with Crippen LogP contribution in [-0.2, 0) is 12.1 Å². The van der Waals surface area contributed by atoms with E-state index in [-0.39, 0.29) is 11.4 Å². The SMILES string of the molecule is FC(F)(F)c1ccc(Br)cc1CCl. The van der Waals surface area contributed by atoms with E-state index in [1.165, 1.54) is 12.1 Å². The maximum atomic E-state index is 12.3. The molecule has 0 aromatic heterocycles. The summed E-state index contributed by atoms with van der Waals surface area (Å²) in [4.78, 5) is 0. The summed E-state index contributed by atoms with van der Waals surface area (Å²) >= 11 is 8.47. The third kappa shape index (κ3) is 2.61. The van der Waals surface area contributed by atoms with Crippen LogP contribution in [0.5, 0.6) is 0 Å². The number of hydrogen-bond acceptors (Lipinski definition) is 0. The molecule has 72 valence electrons. The van der Waals surface area contributed by atoms with Gasteiger partial charge in [-0.25, -0.2) is 0 Å². The fraction of sp³-hybridized carbons (Fsp3) is 0.250. The Bertz CT molecular complexity index is 309. The number of benzene rings is 1. The summed E-state index contributed by atoms with van der Waals surface area (Å²) in [6.45, 7) is 0. The summed E-state index contributed by atoms with van der Waals surface area (Å²) in [5, 5.41) is 0. The summed E-state index contributed by atoms with van der Waals surface area (Å²) in [6.07, 6.45) is -4.33. The van der Waals surface area contributed by atoms with E-state index >= 15 is 0 Å². The Kier molecular flexibility index (Phi) is 3.24. The zero-order valence-corrected chi connectivity index (χ0v) is 8.67. The number of hydrogen-bond donors (Lipinski definition) is 0. The Balaban J connectivity index is 3.22. The average molecular weight is 273 g/mol. The topological polar surface area (TPSA) is 0 Å². The molecule has 0 aliphatic carbocycles. The van der Waals surface area contributed by atoms with Crippen LogP contribution in [0.25, 0.3) is 0 Å². The van der Waals surface area contributed by atoms with Gasteiger partial charge in [-0.05, 0) is 23.8 Å². The van der Waals surface area contributed by atoms with E-state index in [9.17, 15) is 13.2 Å². The monoisotopic (exact) mass is 272 g/mol. The second-order valence-corrected chi connectivity index (χ2v) is 3.62. The van der Waals surface area contributed by atoms with Crippen LogP contribution >= 0.6 is 27.5 Å². The van der Waals surface area contributed by atoms with E-state index < -0.39 is 11.7 Å². The molecule has 0 radical (unpaired) electrons. The predicted octanol–water partition coefficient (Wildman–Crippen LogP) is 4.21. The van der Waals surface area contributed by atoms with Gasteiger partial charge in [-0.1, -0.05) is 15.9 Å². The van der Waals surface area contributed by atoms with Gasteiger partial charge in [0.15, 0.2) is 0 Å². The van der Waals surface area contributed by atoms with Crippen LogP contribution in [0, 0.1) is 0 Å². The Morgan fingerprint density at radius 1 is 1.31 bits per heavy atom. The molecule has 1 aromatic carbocycles. The van der Waals surface area contributed by atoms with Crippen molar-refractivity contribution >= 4 is 27.5 Å². The Morgan fingerprint density at radius 3 is 2.38 bits per heavy atom. The molecule has 0 unspecified atom stereocenters. The van der Waals surface area contributed by atoms with E-state index in [1.54, 1.807) is 0 Å². The van der Waals surface area contributed by atoms with Crippen LogP contribution in [0.4, 0.5) is 13.2 Å². The summed E-state index contributed by atoms with van der Waals surface area (Å²) in [6, 6.07) is 3.73. The standard InChI is InChI=1S/C8H5BrClF3/c9-6-1-2-7(8(11,12)13)5(3-6)4-10/h1-3H,4H2. The molecule has 13 heavy (non-hydrogen) atoms. The highest BCUT2D eigenvalue weighted by Crippen LogP contribution is 2.33. The molecule has 0 atom stereocenters. The van der Waals surface area contributed by atoms with Gasteiger partial charge in [-0.2, -0.15) is 13.2 Å². The molecule has 0 saturated carbocycles. The molecule has 0 fully saturated rings. The first-order valence-electron chi connectivity index (χ1n) is 3.36. The third-order valence-corrected chi connectivity index (χ3v) is 2.30. The van der Waals surface area contributed by atoms with Crippen LogP contribution in [0.15, 0.2) is 22.7 Å². The Labute approximate surface area is 86.8 Å². The molecule has 0 nitrogen and oxygen atoms in total. The maximum absolute atomic E-state index is 12.3. The Morgan fingerprint density at radius 2 is 1.92 bits per heavy atom. The highest BCUT2D eigenvalue weighted by Gasteiger charge is 2.32. The maximum Gasteiger partial charge on any atom is 0.416 e. The zero-order chi connectivity index (χ0) is 10.1. The van der Waals surface area contributed by atoms with Gasteiger partial charge >= 0.3 is 6.18 Å². The van der Waals surface area contributed by atoms with Crippen molar-refractivity contribution in [3.8, 4) is 0 Å². The van der Waals surface area contributed by atoms with Crippen LogP contribution in [0.2, 0.25) is 0 Å². The van der Waals surface area contributed by atoms with Crippen molar-refractivity contribution in [3.05, 3.63) is 33.8 Å². The Hall–Kier alpha value is -0.220. The van der Waals surface area contributed by atoms with E-state index in [4.69, 9.17) is 11.6 Å². The van der Waals surface area contributed by atoms with Crippen molar-refractivity contribution in [1.29, 1.82) is 0 Å². The fourth-order valence-electron chi connectivity index (χ4n) is 0.949. The lowest BCUT2D eigenvalue weighted by Gasteiger charge is -2.10. The molecule has 0 amide bonds. The van der Waals surface area contributed by atoms with E-state index in [0.29, 0.717) is 4.47 Å². The quantitative estimate of drug-likeness (QED) is 0.673. The predicted molar refractivity (Wildman–Crippen MR) is 48.7 cm³/mol. The van der Waals surface area contributed by atoms with Crippen molar-refractivity contribution in [2.24, 2.45) is 0 Å². The lowest BCUT2D eigenvalue weighted by Crippen LogP contribution is -2.08. The van der Waals surface area contributed by atoms with Crippen LogP contribution in [0.1, 0.15) is 11.1 Å². The molecule has 5 heteroatoms. The fourth-order valence-corrected chi connectivity index (χ4v) is 1.58. The molecular weight excluding hydrogens is 268 g/mol. The first-order valence-corrected chi connectivity index (χ1v) is 4.69. The minimum Gasteiger partial charge on any atom is -0.166 e. The van der Waals surface area contributed by atoms with E-state index in [0.717, 1.165) is 6.07 Å². The minimum atomic E-state index is -4.33. The van der Waals surface area contributed by atoms with Crippen LogP contribution < -0.4 is 0 Å². The van der Waals surface area contributed by atoms with Crippen molar-refractivity contribution in [2.75, 3.05) is 0 Å². The van der Waals surface area contributed by atoms with Gasteiger partial charge in [0.1, 0.15) is 0 Å². The van der Waals surface area contributed by atoms with E-state index in [2.05, 4.69) is 15.9 Å². The summed E-state index contributed by atoms with van der Waals surface area (Å²) in [5.41, 5.74) is -0.589. The van der Waals surface area contributed by atoms with Crippen molar-refractivity contribution in [1.82, 2.24) is 0 Å². The molecule has 0 spiro atoms. The molecule has 0 saturated heterocycles. The highest BCUT2D eigenvalue weighted by molar-refractivity contribution is 9.10. The van der Waals surface area contributed by atoms with Gasteiger partial charge in [-0.3, -0.25) is 0 Å². The van der Waals surface area contributed by atoms with Crippen LogP contribution in [0.3, 0.4) is 0 Å². The number of alkyl halides is 4. The molecule has 1 aromatic rings. The van der Waals surface area contributed by atoms with Gasteiger partial charge in [0, 0.05) is 10.4 Å². The van der Waals surface area contributed by atoms with Crippen LogP contribution in [-0.4, -0.2) is 0 Å². The summed E-state index contributed by atoms with van der Waals surface area (Å²) < 4.78 is 37.5. The van der Waals surface area contributed by atoms with E-state index in [1.807, 2.05) is 0 Å². The second-order valence-electron chi connectivity index (χ2n) is 2.43. The van der Waals surface area contributed by atoms with Crippen molar-refractivity contribution in [3.63, 3.8) is 0 Å². The third-order valence-electron chi connectivity index (χ3n) is 1.52. The summed E-state index contributed by atoms with van der Waals surface area (Å²) in [5.74, 6) is -0.145. The summed E-state index contributed by atoms with van der Waals surface area (Å²) in [7, 11) is 0. The van der Waals surface area contributed by atoms with Gasteiger partial charge in [0.05, 0.1) is 5.56 Å². The smallest absolute Gasteiger partial charge is 0.166 e. The molecule has 0 aliphatic rings. The van der Waals surface area contributed by atoms with Gasteiger partial charge in [0.2, 0.25) is 0 Å². The minimum absolute atomic E-state index is 0.0866. The second kappa shape index (κ2) is 3.88. The van der Waals surface area contributed by atoms with Gasteiger partial charge in [-0.15, -0.1) is 11.6 Å². The number of halogens is 5. The molecule has 0 N–H and O–H groups in total. The first-order chi connectivity index (χ1) is 5.95. The van der Waals surface area contributed by atoms with Crippen molar-refractivity contribution in [2.45, 2.75) is 12.1 Å². The largest absolute Gasteiger partial charge is 0.416 e. The van der Waals surface area contributed by atoms with Gasteiger partial charge < -0.3 is 0 Å². The molecule has 0 aliphatic heterocycles. The highest BCUT2D eigenvalue weighted by atomic mass is 79.9. The average Bonchev–Trinajstić information content (AvgIpc) is 2.01. The lowest BCUT2D eigenvalue weighted by atomic mass is 10.1. The molecule has 0 heterocycles. The molecular formula is C8H5BrClF3. The molecule has 1 rings (SSSR count). The zero-order valence-electron chi connectivity index (χ0n) is 6.33. The first kappa shape index (κ1) is 10.9. The lowest BCUT2D eigenvalue weighted by molar-refractivity contribution is -0.138. The normalized spacial score (nSPS) is 11.8. The van der Waals surface area contributed by atoms with Crippen molar-refractivity contribution < 1.29 is 13.2 Å². The van der Waals surface area contributed by atoms with Gasteiger partial charge in [0.25, 0.3) is 0 Å². The number of rotatable bonds is 1.